The maximum atomic E-state index is 12.4. The first-order valence-electron chi connectivity index (χ1n) is 9.17. The van der Waals surface area contributed by atoms with Crippen LogP contribution in [0.3, 0.4) is 0 Å². The van der Waals surface area contributed by atoms with Crippen LogP contribution in [0.1, 0.15) is 36.5 Å². The molecule has 0 aromatic heterocycles. The van der Waals surface area contributed by atoms with Crippen molar-refractivity contribution in [2.75, 3.05) is 13.7 Å². The summed E-state index contributed by atoms with van der Waals surface area (Å²) in [6, 6.07) is 14.0. The summed E-state index contributed by atoms with van der Waals surface area (Å²) in [6.07, 6.45) is 1.94. The van der Waals surface area contributed by atoms with E-state index < -0.39 is 6.10 Å². The molecule has 4 heteroatoms. The fourth-order valence-corrected chi connectivity index (χ4v) is 2.93. The summed E-state index contributed by atoms with van der Waals surface area (Å²) in [6.45, 7) is 6.64. The Kier molecular flexibility index (Phi) is 7.52. The number of amides is 1. The number of methoxy groups -OCH3 is 1. The lowest BCUT2D eigenvalue weighted by Gasteiger charge is -2.18. The maximum Gasteiger partial charge on any atom is 0.261 e. The molecule has 2 rings (SSSR count). The molecule has 0 aliphatic heterocycles. The molecule has 0 fully saturated rings. The highest BCUT2D eigenvalue weighted by molar-refractivity contribution is 5.81. The highest BCUT2D eigenvalue weighted by Gasteiger charge is 2.18. The largest absolute Gasteiger partial charge is 0.497 e. The quantitative estimate of drug-likeness (QED) is 0.685. The van der Waals surface area contributed by atoms with Crippen LogP contribution in [0, 0.1) is 13.8 Å². The van der Waals surface area contributed by atoms with Gasteiger partial charge in [0.25, 0.3) is 5.91 Å². The van der Waals surface area contributed by atoms with Crippen molar-refractivity contribution in [3.8, 4) is 11.5 Å². The van der Waals surface area contributed by atoms with Crippen LogP contribution in [0.5, 0.6) is 11.5 Å². The Labute approximate surface area is 156 Å². The molecule has 1 N–H and O–H groups in total. The molecule has 0 aliphatic carbocycles. The van der Waals surface area contributed by atoms with Gasteiger partial charge in [-0.05, 0) is 74.1 Å². The van der Waals surface area contributed by atoms with Crippen molar-refractivity contribution >= 4 is 5.91 Å². The van der Waals surface area contributed by atoms with Gasteiger partial charge in [0, 0.05) is 6.54 Å². The summed E-state index contributed by atoms with van der Waals surface area (Å²) in [5.41, 5.74) is 3.47. The summed E-state index contributed by atoms with van der Waals surface area (Å²) in [5, 5.41) is 2.99. The van der Waals surface area contributed by atoms with E-state index in [0.717, 1.165) is 35.5 Å². The Morgan fingerprint density at radius 2 is 1.81 bits per heavy atom. The lowest BCUT2D eigenvalue weighted by molar-refractivity contribution is -0.128. The second-order valence-electron chi connectivity index (χ2n) is 6.58. The minimum absolute atomic E-state index is 0.0581. The third-order valence-electron chi connectivity index (χ3n) is 4.21. The van der Waals surface area contributed by atoms with Gasteiger partial charge in [0.2, 0.25) is 0 Å². The van der Waals surface area contributed by atoms with E-state index in [2.05, 4.69) is 17.4 Å². The number of benzene rings is 2. The molecule has 0 aliphatic rings. The molecule has 0 saturated heterocycles. The first-order valence-corrected chi connectivity index (χ1v) is 9.17. The number of rotatable bonds is 9. The summed E-state index contributed by atoms with van der Waals surface area (Å²) < 4.78 is 11.1. The van der Waals surface area contributed by atoms with Crippen molar-refractivity contribution < 1.29 is 14.3 Å². The molecular formula is C22H29NO3. The maximum absolute atomic E-state index is 12.4. The highest BCUT2D eigenvalue weighted by Crippen LogP contribution is 2.18. The van der Waals surface area contributed by atoms with Gasteiger partial charge >= 0.3 is 0 Å². The van der Waals surface area contributed by atoms with Crippen molar-refractivity contribution in [1.82, 2.24) is 5.32 Å². The molecule has 4 nitrogen and oxygen atoms in total. The van der Waals surface area contributed by atoms with Crippen LogP contribution in [0.15, 0.2) is 42.5 Å². The molecule has 0 bridgehead atoms. The Hall–Kier alpha value is -2.49. The Morgan fingerprint density at radius 3 is 2.46 bits per heavy atom. The van der Waals surface area contributed by atoms with Gasteiger partial charge in [0.1, 0.15) is 11.5 Å². The minimum atomic E-state index is -0.465. The predicted molar refractivity (Wildman–Crippen MR) is 105 cm³/mol. The molecule has 140 valence electrons. The van der Waals surface area contributed by atoms with E-state index in [1.807, 2.05) is 51.1 Å². The van der Waals surface area contributed by atoms with Crippen molar-refractivity contribution in [3.63, 3.8) is 0 Å². The van der Waals surface area contributed by atoms with E-state index in [-0.39, 0.29) is 5.91 Å². The standard InChI is InChI=1S/C22H29NO3/c1-5-21(26-20-13-16(2)12-17(3)14-20)22(24)23-11-7-9-18-8-6-10-19(15-18)25-4/h6,8,10,12-15,21H,5,7,9,11H2,1-4H3,(H,23,24). The van der Waals surface area contributed by atoms with Crippen LogP contribution < -0.4 is 14.8 Å². The zero-order chi connectivity index (χ0) is 18.9. The summed E-state index contributed by atoms with van der Waals surface area (Å²) in [7, 11) is 1.67. The van der Waals surface area contributed by atoms with Gasteiger partial charge in [-0.15, -0.1) is 0 Å². The Bertz CT molecular complexity index is 707. The van der Waals surface area contributed by atoms with Gasteiger partial charge in [0.05, 0.1) is 7.11 Å². The summed E-state index contributed by atoms with van der Waals surface area (Å²) in [4.78, 5) is 12.4. The predicted octanol–water partition coefficient (Wildman–Crippen LogP) is 4.22. The van der Waals surface area contributed by atoms with E-state index in [1.165, 1.54) is 5.56 Å². The number of aryl methyl sites for hydroxylation is 3. The number of hydrogen-bond donors (Lipinski definition) is 1. The molecule has 0 radical (unpaired) electrons. The SMILES string of the molecule is CCC(Oc1cc(C)cc(C)c1)C(=O)NCCCc1cccc(OC)c1. The second kappa shape index (κ2) is 9.85. The molecule has 0 spiro atoms. The second-order valence-corrected chi connectivity index (χ2v) is 6.58. The van der Waals surface area contributed by atoms with Gasteiger partial charge in [-0.1, -0.05) is 25.1 Å². The first-order chi connectivity index (χ1) is 12.5. The Morgan fingerprint density at radius 1 is 1.08 bits per heavy atom. The van der Waals surface area contributed by atoms with E-state index in [4.69, 9.17) is 9.47 Å². The van der Waals surface area contributed by atoms with E-state index in [9.17, 15) is 4.79 Å². The van der Waals surface area contributed by atoms with Crippen LogP contribution in [0.4, 0.5) is 0 Å². The lowest BCUT2D eigenvalue weighted by Crippen LogP contribution is -2.38. The molecular weight excluding hydrogens is 326 g/mol. The molecule has 0 heterocycles. The van der Waals surface area contributed by atoms with Crippen molar-refractivity contribution in [2.45, 2.75) is 46.1 Å². The summed E-state index contributed by atoms with van der Waals surface area (Å²) in [5.74, 6) is 1.55. The molecule has 1 amide bonds. The van der Waals surface area contributed by atoms with E-state index in [0.29, 0.717) is 13.0 Å². The number of carbonyl (C=O) groups is 1. The molecule has 26 heavy (non-hydrogen) atoms. The van der Waals surface area contributed by atoms with Crippen molar-refractivity contribution in [3.05, 3.63) is 59.2 Å². The monoisotopic (exact) mass is 355 g/mol. The van der Waals surface area contributed by atoms with Gasteiger partial charge in [-0.2, -0.15) is 0 Å². The smallest absolute Gasteiger partial charge is 0.261 e. The molecule has 1 atom stereocenters. The fourth-order valence-electron chi connectivity index (χ4n) is 2.93. The zero-order valence-electron chi connectivity index (χ0n) is 16.2. The highest BCUT2D eigenvalue weighted by atomic mass is 16.5. The topological polar surface area (TPSA) is 47.6 Å². The average Bonchev–Trinajstić information content (AvgIpc) is 2.62. The van der Waals surface area contributed by atoms with Crippen LogP contribution in [-0.2, 0) is 11.2 Å². The van der Waals surface area contributed by atoms with Crippen LogP contribution in [0.2, 0.25) is 0 Å². The van der Waals surface area contributed by atoms with Gasteiger partial charge < -0.3 is 14.8 Å². The third kappa shape index (κ3) is 6.10. The van der Waals surface area contributed by atoms with Crippen molar-refractivity contribution in [2.24, 2.45) is 0 Å². The van der Waals surface area contributed by atoms with Crippen molar-refractivity contribution in [1.29, 1.82) is 0 Å². The van der Waals surface area contributed by atoms with Crippen LogP contribution in [-0.4, -0.2) is 25.7 Å². The number of ether oxygens (including phenoxy) is 2. The number of carbonyl (C=O) groups excluding carboxylic acids is 1. The van der Waals surface area contributed by atoms with Crippen LogP contribution in [0.25, 0.3) is 0 Å². The van der Waals surface area contributed by atoms with Crippen LogP contribution >= 0.6 is 0 Å². The molecule has 2 aromatic carbocycles. The number of nitrogens with one attached hydrogen (secondary N) is 1. The molecule has 2 aromatic rings. The van der Waals surface area contributed by atoms with Gasteiger partial charge in [0.15, 0.2) is 6.10 Å². The average molecular weight is 355 g/mol. The van der Waals surface area contributed by atoms with E-state index >= 15 is 0 Å². The zero-order valence-corrected chi connectivity index (χ0v) is 16.2. The van der Waals surface area contributed by atoms with E-state index in [1.54, 1.807) is 7.11 Å². The number of hydrogen-bond acceptors (Lipinski definition) is 3. The summed E-state index contributed by atoms with van der Waals surface area (Å²) >= 11 is 0. The third-order valence-corrected chi connectivity index (χ3v) is 4.21. The van der Waals surface area contributed by atoms with Gasteiger partial charge in [-0.3, -0.25) is 4.79 Å². The molecule has 0 saturated carbocycles. The first kappa shape index (κ1) is 19.8. The normalized spacial score (nSPS) is 11.7. The Balaban J connectivity index is 1.81. The fraction of sp³-hybridized carbons (Fsp3) is 0.409. The lowest BCUT2D eigenvalue weighted by atomic mass is 10.1. The molecule has 1 unspecified atom stereocenters. The van der Waals surface area contributed by atoms with Gasteiger partial charge in [-0.25, -0.2) is 0 Å². The minimum Gasteiger partial charge on any atom is -0.497 e.